The van der Waals surface area contributed by atoms with Crippen LogP contribution in [0.15, 0.2) is 42.9 Å². The first-order chi connectivity index (χ1) is 9.24. The molecule has 3 heterocycles. The Bertz CT molecular complexity index is 752. The zero-order valence-corrected chi connectivity index (χ0v) is 9.72. The van der Waals surface area contributed by atoms with Crippen molar-refractivity contribution in [1.29, 1.82) is 0 Å². The van der Waals surface area contributed by atoms with Crippen LogP contribution in [-0.4, -0.2) is 25.7 Å². The fraction of sp³-hybridized carbons (Fsp3) is 0. The van der Waals surface area contributed by atoms with Crippen LogP contribution in [0.2, 0.25) is 0 Å². The quantitative estimate of drug-likeness (QED) is 0.743. The highest BCUT2D eigenvalue weighted by atomic mass is 16.6. The maximum absolute atomic E-state index is 10.7. The highest BCUT2D eigenvalue weighted by Crippen LogP contribution is 2.22. The summed E-state index contributed by atoms with van der Waals surface area (Å²) >= 11 is 0. The third-order valence-electron chi connectivity index (χ3n) is 2.48. The van der Waals surface area contributed by atoms with Gasteiger partial charge in [0.15, 0.2) is 5.65 Å². The molecule has 1 amide bonds. The minimum absolute atomic E-state index is 0.139. The van der Waals surface area contributed by atoms with Gasteiger partial charge >= 0.3 is 6.09 Å². The average molecular weight is 255 g/mol. The lowest BCUT2D eigenvalue weighted by Crippen LogP contribution is -2.16. The lowest BCUT2D eigenvalue weighted by atomic mass is 10.2. The molecule has 94 valence electrons. The van der Waals surface area contributed by atoms with Gasteiger partial charge in [0.25, 0.3) is 0 Å². The number of pyridine rings is 1. The molecule has 3 aromatic rings. The van der Waals surface area contributed by atoms with Crippen LogP contribution in [0.4, 0.5) is 4.79 Å². The molecule has 0 saturated heterocycles. The van der Waals surface area contributed by atoms with Crippen molar-refractivity contribution in [3.05, 3.63) is 42.9 Å². The molecule has 0 spiro atoms. The van der Waals surface area contributed by atoms with Crippen molar-refractivity contribution < 1.29 is 9.53 Å². The predicted molar refractivity (Wildman–Crippen MR) is 66.4 cm³/mol. The Morgan fingerprint density at radius 3 is 3.05 bits per heavy atom. The number of hydrogen-bond acceptors (Lipinski definition) is 5. The maximum atomic E-state index is 10.7. The number of aromatic nitrogens is 4. The Morgan fingerprint density at radius 2 is 2.21 bits per heavy atom. The van der Waals surface area contributed by atoms with Gasteiger partial charge in [-0.3, -0.25) is 0 Å². The van der Waals surface area contributed by atoms with Crippen LogP contribution < -0.4 is 10.5 Å². The van der Waals surface area contributed by atoms with Crippen LogP contribution in [0, 0.1) is 0 Å². The summed E-state index contributed by atoms with van der Waals surface area (Å²) in [6, 6.07) is 6.82. The van der Waals surface area contributed by atoms with E-state index in [2.05, 4.69) is 15.1 Å². The third-order valence-corrected chi connectivity index (χ3v) is 2.48. The van der Waals surface area contributed by atoms with E-state index in [0.717, 1.165) is 5.56 Å². The molecule has 3 rings (SSSR count). The molecule has 0 unspecified atom stereocenters. The second kappa shape index (κ2) is 4.37. The molecule has 7 nitrogen and oxygen atoms in total. The number of carbonyl (C=O) groups excluding carboxylic acids is 1. The van der Waals surface area contributed by atoms with Gasteiger partial charge in [-0.05, 0) is 12.1 Å². The van der Waals surface area contributed by atoms with Crippen molar-refractivity contribution in [3.8, 4) is 17.1 Å². The van der Waals surface area contributed by atoms with Gasteiger partial charge in [0, 0.05) is 18.5 Å². The number of nitrogens with zero attached hydrogens (tertiary/aromatic N) is 4. The lowest BCUT2D eigenvalue weighted by molar-refractivity contribution is 0.209. The van der Waals surface area contributed by atoms with Crippen LogP contribution in [0.1, 0.15) is 0 Å². The summed E-state index contributed by atoms with van der Waals surface area (Å²) in [7, 11) is 0. The molecular formula is C12H9N5O2. The van der Waals surface area contributed by atoms with Gasteiger partial charge in [-0.15, -0.1) is 0 Å². The molecule has 0 aliphatic carbocycles. The minimum atomic E-state index is -0.900. The Kier molecular flexibility index (Phi) is 2.57. The van der Waals surface area contributed by atoms with E-state index in [9.17, 15) is 4.79 Å². The van der Waals surface area contributed by atoms with E-state index in [1.165, 1.54) is 0 Å². The van der Waals surface area contributed by atoms with Gasteiger partial charge in [0.1, 0.15) is 0 Å². The monoisotopic (exact) mass is 255 g/mol. The largest absolute Gasteiger partial charge is 0.411 e. The first kappa shape index (κ1) is 11.1. The minimum Gasteiger partial charge on any atom is -0.391 e. The van der Waals surface area contributed by atoms with Crippen LogP contribution in [0.3, 0.4) is 0 Å². The lowest BCUT2D eigenvalue weighted by Gasteiger charge is -2.02. The molecule has 2 N–H and O–H groups in total. The molecule has 0 saturated carbocycles. The zero-order chi connectivity index (χ0) is 13.2. The Morgan fingerprint density at radius 1 is 1.32 bits per heavy atom. The number of amides is 1. The van der Waals surface area contributed by atoms with Crippen LogP contribution in [0.5, 0.6) is 5.88 Å². The van der Waals surface area contributed by atoms with E-state index in [-0.39, 0.29) is 5.88 Å². The zero-order valence-electron chi connectivity index (χ0n) is 9.72. The number of carbonyl (C=O) groups is 1. The summed E-state index contributed by atoms with van der Waals surface area (Å²) in [5, 5.41) is 4.17. The molecule has 0 radical (unpaired) electrons. The normalized spacial score (nSPS) is 10.5. The third kappa shape index (κ3) is 2.08. The molecular weight excluding hydrogens is 246 g/mol. The maximum Gasteiger partial charge on any atom is 0.411 e. The number of hydrogen-bond donors (Lipinski definition) is 1. The Hall–Kier alpha value is -2.96. The summed E-state index contributed by atoms with van der Waals surface area (Å²) in [5.41, 5.74) is 6.98. The van der Waals surface area contributed by atoms with Gasteiger partial charge in [0.05, 0.1) is 17.5 Å². The van der Waals surface area contributed by atoms with E-state index in [0.29, 0.717) is 11.3 Å². The molecule has 0 atom stereocenters. The van der Waals surface area contributed by atoms with Gasteiger partial charge < -0.3 is 10.5 Å². The highest BCUT2D eigenvalue weighted by Gasteiger charge is 2.10. The topological polar surface area (TPSA) is 95.4 Å². The fourth-order valence-electron chi connectivity index (χ4n) is 1.73. The van der Waals surface area contributed by atoms with Gasteiger partial charge in [-0.2, -0.15) is 5.10 Å². The van der Waals surface area contributed by atoms with Crippen molar-refractivity contribution in [2.75, 3.05) is 0 Å². The molecule has 0 aliphatic heterocycles. The van der Waals surface area contributed by atoms with Crippen molar-refractivity contribution >= 4 is 11.7 Å². The average Bonchev–Trinajstić information content (AvgIpc) is 2.82. The Balaban J connectivity index is 2.09. The highest BCUT2D eigenvalue weighted by molar-refractivity contribution is 5.74. The van der Waals surface area contributed by atoms with E-state index in [1.54, 1.807) is 47.4 Å². The molecule has 0 aliphatic rings. The van der Waals surface area contributed by atoms with Gasteiger partial charge in [-0.25, -0.2) is 19.3 Å². The summed E-state index contributed by atoms with van der Waals surface area (Å²) in [4.78, 5) is 19.1. The second-order valence-electron chi connectivity index (χ2n) is 3.73. The molecule has 7 heteroatoms. The number of rotatable bonds is 2. The van der Waals surface area contributed by atoms with E-state index >= 15 is 0 Å². The molecule has 3 aromatic heterocycles. The second-order valence-corrected chi connectivity index (χ2v) is 3.73. The number of primary amides is 1. The smallest absolute Gasteiger partial charge is 0.391 e. The first-order valence-electron chi connectivity index (χ1n) is 5.47. The summed E-state index contributed by atoms with van der Waals surface area (Å²) in [6.07, 6.45) is 4.21. The SMILES string of the molecule is NC(=O)Oc1cccc(-c2cnn3cccnc23)n1. The van der Waals surface area contributed by atoms with Crippen molar-refractivity contribution in [1.82, 2.24) is 19.6 Å². The number of fused-ring (bicyclic) bond motifs is 1. The van der Waals surface area contributed by atoms with Crippen LogP contribution >= 0.6 is 0 Å². The van der Waals surface area contributed by atoms with E-state index < -0.39 is 6.09 Å². The predicted octanol–water partition coefficient (Wildman–Crippen LogP) is 1.25. The first-order valence-corrected chi connectivity index (χ1v) is 5.47. The molecule has 0 bridgehead atoms. The summed E-state index contributed by atoms with van der Waals surface area (Å²) < 4.78 is 6.38. The molecule has 19 heavy (non-hydrogen) atoms. The van der Waals surface area contributed by atoms with Crippen molar-refractivity contribution in [2.45, 2.75) is 0 Å². The molecule has 0 aromatic carbocycles. The van der Waals surface area contributed by atoms with Gasteiger partial charge in [-0.1, -0.05) is 6.07 Å². The van der Waals surface area contributed by atoms with E-state index in [1.807, 2.05) is 0 Å². The van der Waals surface area contributed by atoms with Crippen molar-refractivity contribution in [2.24, 2.45) is 5.73 Å². The number of ether oxygens (including phenoxy) is 1. The fourth-order valence-corrected chi connectivity index (χ4v) is 1.73. The summed E-state index contributed by atoms with van der Waals surface area (Å²) in [6.45, 7) is 0. The standard InChI is InChI=1S/C12H9N5O2/c13-12(18)19-10-4-1-3-9(16-10)8-7-15-17-6-2-5-14-11(8)17/h1-7H,(H2,13,18). The summed E-state index contributed by atoms with van der Waals surface area (Å²) in [5.74, 6) is 0.139. The molecule has 0 fully saturated rings. The van der Waals surface area contributed by atoms with Crippen LogP contribution in [-0.2, 0) is 0 Å². The Labute approximate surface area is 107 Å². The van der Waals surface area contributed by atoms with E-state index in [4.69, 9.17) is 10.5 Å². The van der Waals surface area contributed by atoms with Crippen LogP contribution in [0.25, 0.3) is 16.9 Å². The van der Waals surface area contributed by atoms with Gasteiger partial charge in [0.2, 0.25) is 5.88 Å². The number of nitrogens with two attached hydrogens (primary N) is 1. The van der Waals surface area contributed by atoms with Crippen molar-refractivity contribution in [3.63, 3.8) is 0 Å².